The van der Waals surface area contributed by atoms with E-state index in [-0.39, 0.29) is 17.5 Å². The van der Waals surface area contributed by atoms with Gasteiger partial charge in [0, 0.05) is 23.4 Å². The van der Waals surface area contributed by atoms with Crippen molar-refractivity contribution >= 4 is 17.4 Å². The molecule has 2 aromatic rings. The summed E-state index contributed by atoms with van der Waals surface area (Å²) in [5, 5.41) is 29.2. The highest BCUT2D eigenvalue weighted by molar-refractivity contribution is 7.99. The van der Waals surface area contributed by atoms with Gasteiger partial charge in [-0.05, 0) is 25.3 Å². The lowest BCUT2D eigenvalue weighted by molar-refractivity contribution is -0.384. The van der Waals surface area contributed by atoms with Crippen molar-refractivity contribution in [1.82, 2.24) is 14.8 Å². The Morgan fingerprint density at radius 1 is 1.50 bits per heavy atom. The lowest BCUT2D eigenvalue weighted by Gasteiger charge is -2.12. The highest BCUT2D eigenvalue weighted by atomic mass is 32.2. The van der Waals surface area contributed by atoms with Gasteiger partial charge in [-0.25, -0.2) is 0 Å². The number of non-ortho nitro benzene ring substituents is 1. The van der Waals surface area contributed by atoms with Crippen LogP contribution in [0.4, 0.5) is 5.69 Å². The van der Waals surface area contributed by atoms with Gasteiger partial charge in [0.25, 0.3) is 5.69 Å². The van der Waals surface area contributed by atoms with Crippen molar-refractivity contribution in [3.63, 3.8) is 0 Å². The fourth-order valence-corrected chi connectivity index (χ4v) is 3.37. The van der Waals surface area contributed by atoms with Crippen molar-refractivity contribution in [2.45, 2.75) is 42.8 Å². The van der Waals surface area contributed by atoms with Crippen LogP contribution in [-0.4, -0.2) is 24.8 Å². The van der Waals surface area contributed by atoms with Crippen molar-refractivity contribution in [3.05, 3.63) is 45.8 Å². The van der Waals surface area contributed by atoms with E-state index < -0.39 is 4.92 Å². The highest BCUT2D eigenvalue weighted by Gasteiger charge is 2.30. The van der Waals surface area contributed by atoms with Gasteiger partial charge in [-0.3, -0.25) is 10.1 Å². The summed E-state index contributed by atoms with van der Waals surface area (Å²) in [7, 11) is 0. The molecule has 3 rings (SSSR count). The van der Waals surface area contributed by atoms with Crippen LogP contribution in [0.25, 0.3) is 0 Å². The number of nitro groups is 1. The Labute approximate surface area is 131 Å². The Morgan fingerprint density at radius 2 is 2.27 bits per heavy atom. The van der Waals surface area contributed by atoms with Crippen LogP contribution in [0.5, 0.6) is 0 Å². The molecule has 1 heterocycles. The summed E-state index contributed by atoms with van der Waals surface area (Å²) in [6.07, 6.45) is 2.15. The van der Waals surface area contributed by atoms with Crippen molar-refractivity contribution in [2.24, 2.45) is 0 Å². The van der Waals surface area contributed by atoms with E-state index in [1.54, 1.807) is 12.1 Å². The van der Waals surface area contributed by atoms with Crippen LogP contribution in [0.15, 0.2) is 29.4 Å². The number of aliphatic hydroxyl groups excluding tert-OH is 1. The first-order valence-electron chi connectivity index (χ1n) is 7.05. The molecule has 116 valence electrons. The predicted molar refractivity (Wildman–Crippen MR) is 81.6 cm³/mol. The standard InChI is InChI=1S/C14H16N4O3S/c1-9(10-3-2-4-12(7-10)18(20)21)22-14-16-15-13(8-19)17(14)11-5-6-11/h2-4,7,9,11,19H,5-6,8H2,1H3. The lowest BCUT2D eigenvalue weighted by Crippen LogP contribution is -2.03. The van der Waals surface area contributed by atoms with Gasteiger partial charge in [-0.1, -0.05) is 23.9 Å². The largest absolute Gasteiger partial charge is 0.388 e. The zero-order valence-electron chi connectivity index (χ0n) is 12.0. The Balaban J connectivity index is 1.82. The lowest BCUT2D eigenvalue weighted by atomic mass is 10.1. The molecule has 0 spiro atoms. The van der Waals surface area contributed by atoms with Gasteiger partial charge in [0.15, 0.2) is 11.0 Å². The normalized spacial score (nSPS) is 15.7. The van der Waals surface area contributed by atoms with Crippen LogP contribution in [0.2, 0.25) is 0 Å². The van der Waals surface area contributed by atoms with E-state index in [1.807, 2.05) is 17.6 Å². The number of hydrogen-bond donors (Lipinski definition) is 1. The summed E-state index contributed by atoms with van der Waals surface area (Å²) in [6, 6.07) is 7.00. The SMILES string of the molecule is CC(Sc1nnc(CO)n1C1CC1)c1cccc([N+](=O)[O-])c1. The maximum absolute atomic E-state index is 10.9. The first-order valence-corrected chi connectivity index (χ1v) is 7.93. The Morgan fingerprint density at radius 3 is 2.91 bits per heavy atom. The number of nitrogens with zero attached hydrogens (tertiary/aromatic N) is 4. The van der Waals surface area contributed by atoms with Crippen molar-refractivity contribution in [1.29, 1.82) is 0 Å². The van der Waals surface area contributed by atoms with Crippen molar-refractivity contribution < 1.29 is 10.0 Å². The second-order valence-electron chi connectivity index (χ2n) is 5.27. The van der Waals surface area contributed by atoms with Gasteiger partial charge in [0.05, 0.1) is 4.92 Å². The molecule has 1 aromatic carbocycles. The molecule has 0 bridgehead atoms. The second-order valence-corrected chi connectivity index (χ2v) is 6.58. The number of nitro benzene ring substituents is 1. The Bertz CT molecular complexity index is 699. The van der Waals surface area contributed by atoms with Gasteiger partial charge in [0.1, 0.15) is 6.61 Å². The van der Waals surface area contributed by atoms with Crippen LogP contribution in [0.3, 0.4) is 0 Å². The second kappa shape index (κ2) is 6.05. The molecule has 1 aromatic heterocycles. The van der Waals surface area contributed by atoms with E-state index in [2.05, 4.69) is 10.2 Å². The molecule has 1 atom stereocenters. The summed E-state index contributed by atoms with van der Waals surface area (Å²) >= 11 is 1.50. The molecule has 0 amide bonds. The molecular weight excluding hydrogens is 304 g/mol. The topological polar surface area (TPSA) is 94.1 Å². The predicted octanol–water partition coefficient (Wildman–Crippen LogP) is 2.87. The molecule has 1 aliphatic carbocycles. The summed E-state index contributed by atoms with van der Waals surface area (Å²) in [6.45, 7) is 1.85. The quantitative estimate of drug-likeness (QED) is 0.499. The average Bonchev–Trinajstić information content (AvgIpc) is 3.28. The minimum atomic E-state index is -0.391. The van der Waals surface area contributed by atoms with Gasteiger partial charge >= 0.3 is 0 Å². The van der Waals surface area contributed by atoms with E-state index in [1.165, 1.54) is 17.8 Å². The molecule has 1 aliphatic rings. The molecule has 1 unspecified atom stereocenters. The van der Waals surface area contributed by atoms with Crippen LogP contribution in [-0.2, 0) is 6.61 Å². The first kappa shape index (κ1) is 15.0. The monoisotopic (exact) mass is 320 g/mol. The van der Waals surface area contributed by atoms with E-state index in [9.17, 15) is 15.2 Å². The van der Waals surface area contributed by atoms with Crippen molar-refractivity contribution in [3.8, 4) is 0 Å². The van der Waals surface area contributed by atoms with Gasteiger partial charge in [0.2, 0.25) is 0 Å². The van der Waals surface area contributed by atoms with Crippen LogP contribution < -0.4 is 0 Å². The maximum atomic E-state index is 10.9. The van der Waals surface area contributed by atoms with Crippen LogP contribution >= 0.6 is 11.8 Å². The molecule has 0 saturated heterocycles. The number of hydrogen-bond acceptors (Lipinski definition) is 6. The smallest absolute Gasteiger partial charge is 0.269 e. The third-order valence-corrected chi connectivity index (χ3v) is 4.74. The molecule has 0 radical (unpaired) electrons. The van der Waals surface area contributed by atoms with E-state index in [0.29, 0.717) is 11.9 Å². The summed E-state index contributed by atoms with van der Waals surface area (Å²) in [5.74, 6) is 0.580. The van der Waals surface area contributed by atoms with E-state index in [0.717, 1.165) is 23.6 Å². The number of aliphatic hydroxyl groups is 1. The minimum absolute atomic E-state index is 0.00754. The molecule has 0 aliphatic heterocycles. The fourth-order valence-electron chi connectivity index (χ4n) is 2.31. The third kappa shape index (κ3) is 2.97. The molecule has 8 heteroatoms. The first-order chi connectivity index (χ1) is 10.6. The zero-order chi connectivity index (χ0) is 15.7. The zero-order valence-corrected chi connectivity index (χ0v) is 12.9. The number of benzene rings is 1. The highest BCUT2D eigenvalue weighted by Crippen LogP contribution is 2.42. The third-order valence-electron chi connectivity index (χ3n) is 3.62. The van der Waals surface area contributed by atoms with Gasteiger partial charge < -0.3 is 9.67 Å². The van der Waals surface area contributed by atoms with E-state index >= 15 is 0 Å². The summed E-state index contributed by atoms with van der Waals surface area (Å²) in [5.41, 5.74) is 0.958. The molecule has 1 fully saturated rings. The van der Waals surface area contributed by atoms with Gasteiger partial charge in [-0.15, -0.1) is 10.2 Å². The Kier molecular flexibility index (Phi) is 4.12. The van der Waals surface area contributed by atoms with Crippen LogP contribution in [0, 0.1) is 10.1 Å². The van der Waals surface area contributed by atoms with Crippen LogP contribution in [0.1, 0.15) is 42.4 Å². The number of rotatable bonds is 6. The fraction of sp³-hybridized carbons (Fsp3) is 0.429. The number of aromatic nitrogens is 3. The minimum Gasteiger partial charge on any atom is -0.388 e. The molecular formula is C14H16N4O3S. The van der Waals surface area contributed by atoms with E-state index in [4.69, 9.17) is 0 Å². The average molecular weight is 320 g/mol. The summed E-state index contributed by atoms with van der Waals surface area (Å²) < 4.78 is 1.98. The molecule has 22 heavy (non-hydrogen) atoms. The van der Waals surface area contributed by atoms with Gasteiger partial charge in [-0.2, -0.15) is 0 Å². The summed E-state index contributed by atoms with van der Waals surface area (Å²) in [4.78, 5) is 10.5. The molecule has 1 N–H and O–H groups in total. The maximum Gasteiger partial charge on any atom is 0.269 e. The molecule has 1 saturated carbocycles. The van der Waals surface area contributed by atoms with Crippen molar-refractivity contribution in [2.75, 3.05) is 0 Å². The number of thioether (sulfide) groups is 1. The molecule has 7 nitrogen and oxygen atoms in total. The Hall–Kier alpha value is -1.93.